The number of hydrogen-bond donors (Lipinski definition) is 0. The average Bonchev–Trinajstić information content (AvgIpc) is 3.44. The molecule has 0 radical (unpaired) electrons. The van der Waals surface area contributed by atoms with Crippen LogP contribution in [0.4, 0.5) is 0 Å². The number of carbonyl (C=O) groups is 1. The van der Waals surface area contributed by atoms with E-state index in [1.165, 1.54) is 6.92 Å². The minimum absolute atomic E-state index is 0.366. The summed E-state index contributed by atoms with van der Waals surface area (Å²) in [5.74, 6) is 1.75. The lowest BCUT2D eigenvalue weighted by molar-refractivity contribution is -2.00. The zero-order valence-electron chi connectivity index (χ0n) is 26.8. The molecule has 7 rings (SSSR count). The quantitative estimate of drug-likeness (QED) is 0.199. The Morgan fingerprint density at radius 2 is 1.12 bits per heavy atom. The largest absolute Gasteiger partial charge is 0.456 e. The van der Waals surface area contributed by atoms with E-state index >= 15 is 0 Å². The monoisotopic (exact) mass is 683 g/mol. The Morgan fingerprint density at radius 1 is 0.660 bits per heavy atom. The number of hydrogen-bond acceptors (Lipinski definition) is 7. The van der Waals surface area contributed by atoms with Gasteiger partial charge in [0.25, 0.3) is 5.69 Å². The van der Waals surface area contributed by atoms with E-state index in [9.17, 15) is 4.79 Å². The van der Waals surface area contributed by atoms with E-state index < -0.39 is 10.2 Å². The second-order valence-corrected chi connectivity index (χ2v) is 11.9. The van der Waals surface area contributed by atoms with Gasteiger partial charge in [0, 0.05) is 35.7 Å². The van der Waals surface area contributed by atoms with Crippen molar-refractivity contribution in [2.24, 2.45) is 0 Å². The molecule has 3 heterocycles. The van der Waals surface area contributed by atoms with Crippen molar-refractivity contribution in [1.29, 1.82) is 0 Å². The van der Waals surface area contributed by atoms with Crippen molar-refractivity contribution in [2.45, 2.75) is 6.92 Å². The van der Waals surface area contributed by atoms with Crippen LogP contribution in [-0.2, 0) is 14.3 Å². The van der Waals surface area contributed by atoms with Gasteiger partial charge < -0.3 is 9.47 Å². The first kappa shape index (κ1) is 34.0. The van der Waals surface area contributed by atoms with E-state index in [1.807, 2.05) is 115 Å². The first-order valence-corrected chi connectivity index (χ1v) is 16.7. The van der Waals surface area contributed by atoms with Crippen LogP contribution >= 0.6 is 0 Å². The first-order chi connectivity index (χ1) is 24.1. The van der Waals surface area contributed by atoms with Gasteiger partial charge in [-0.25, -0.2) is 18.6 Å². The molecule has 0 atom stereocenters. The molecule has 0 unspecified atom stereocenters. The maximum absolute atomic E-state index is 12.4. The van der Waals surface area contributed by atoms with Crippen LogP contribution < -0.4 is 28.1 Å². The van der Waals surface area contributed by atoms with Gasteiger partial charge in [0.15, 0.2) is 6.20 Å². The SMILES string of the molecule is CC(=O)OC1=C(c2ccccc2)C(c2ccccc2)=[n+]2ccc(=CC=C3C=C(c4ccccc4)OC(c4ccccc4)=C3)cc21.[O-][Cl+3]([O-])([O-])[O-]. The molecule has 0 bridgehead atoms. The van der Waals surface area contributed by atoms with Crippen molar-refractivity contribution in [3.8, 4) is 0 Å². The van der Waals surface area contributed by atoms with E-state index in [0.29, 0.717) is 5.76 Å². The number of aromatic nitrogens is 1. The van der Waals surface area contributed by atoms with Crippen LogP contribution in [0.25, 0.3) is 28.9 Å². The summed E-state index contributed by atoms with van der Waals surface area (Å²) in [6.07, 6.45) is 10.3. The Hall–Kier alpha value is -5.87. The summed E-state index contributed by atoms with van der Waals surface area (Å²) in [5.41, 5.74) is 7.68. The number of allylic oxidation sites excluding steroid dienone is 5. The maximum atomic E-state index is 12.4. The summed E-state index contributed by atoms with van der Waals surface area (Å²) in [6, 6.07) is 44.6. The van der Waals surface area contributed by atoms with Crippen LogP contribution in [0, 0.1) is 16.0 Å². The second kappa shape index (κ2) is 15.1. The van der Waals surface area contributed by atoms with Crippen LogP contribution in [0.3, 0.4) is 0 Å². The summed E-state index contributed by atoms with van der Waals surface area (Å²) >= 11 is 0. The van der Waals surface area contributed by atoms with Gasteiger partial charge in [-0.05, 0) is 40.6 Å². The molecule has 0 spiro atoms. The van der Waals surface area contributed by atoms with E-state index in [1.54, 1.807) is 0 Å². The maximum Gasteiger partial charge on any atom is 0.308 e. The van der Waals surface area contributed by atoms with E-state index in [0.717, 1.165) is 61.5 Å². The minimum atomic E-state index is -4.94. The molecule has 5 aromatic rings. The van der Waals surface area contributed by atoms with E-state index in [-0.39, 0.29) is 5.97 Å². The molecule has 248 valence electrons. The molecule has 9 heteroatoms. The highest BCUT2D eigenvalue weighted by molar-refractivity contribution is 5.97. The summed E-state index contributed by atoms with van der Waals surface area (Å²) < 4.78 is 48.4. The van der Waals surface area contributed by atoms with Crippen LogP contribution in [0.5, 0.6) is 0 Å². The predicted octanol–water partition coefficient (Wildman–Crippen LogP) is 2.91. The Bertz CT molecular complexity index is 2190. The van der Waals surface area contributed by atoms with Gasteiger partial charge in [-0.1, -0.05) is 121 Å². The first-order valence-electron chi connectivity index (χ1n) is 15.5. The third-order valence-corrected chi connectivity index (χ3v) is 7.67. The summed E-state index contributed by atoms with van der Waals surface area (Å²) in [6.45, 7) is 1.44. The van der Waals surface area contributed by atoms with Gasteiger partial charge in [-0.15, -0.1) is 10.2 Å². The lowest BCUT2D eigenvalue weighted by Crippen LogP contribution is -2.68. The molecular weight excluding hydrogens is 654 g/mol. The Kier molecular flexibility index (Phi) is 10.3. The molecule has 0 N–H and O–H groups in total. The number of benzene rings is 4. The van der Waals surface area contributed by atoms with Crippen LogP contribution in [0.2, 0.25) is 0 Å². The number of fused-ring (bicyclic) bond motifs is 1. The molecule has 0 aliphatic carbocycles. The lowest BCUT2D eigenvalue weighted by Gasteiger charge is -2.18. The van der Waals surface area contributed by atoms with Gasteiger partial charge in [0.1, 0.15) is 17.1 Å². The van der Waals surface area contributed by atoms with Crippen molar-refractivity contribution >= 4 is 34.9 Å². The number of pyridine rings is 1. The van der Waals surface area contributed by atoms with Crippen LogP contribution in [0.15, 0.2) is 163 Å². The fourth-order valence-electron chi connectivity index (χ4n) is 5.65. The molecule has 0 amide bonds. The molecule has 50 heavy (non-hydrogen) atoms. The molecule has 8 nitrogen and oxygen atoms in total. The number of carbonyl (C=O) groups excluding carboxylic acids is 1. The lowest BCUT2D eigenvalue weighted by atomic mass is 9.95. The molecule has 2 aliphatic heterocycles. The Morgan fingerprint density at radius 3 is 1.60 bits per heavy atom. The summed E-state index contributed by atoms with van der Waals surface area (Å²) in [7, 11) is -4.94. The minimum Gasteiger partial charge on any atom is -0.456 e. The third-order valence-electron chi connectivity index (χ3n) is 7.67. The van der Waals surface area contributed by atoms with Gasteiger partial charge >= 0.3 is 5.97 Å². The molecule has 0 saturated heterocycles. The van der Waals surface area contributed by atoms with Crippen molar-refractivity contribution < 1.29 is 47.4 Å². The molecular formula is C41H30ClNO7. The zero-order valence-corrected chi connectivity index (χ0v) is 27.5. The fourth-order valence-corrected chi connectivity index (χ4v) is 5.65. The molecule has 4 aromatic carbocycles. The van der Waals surface area contributed by atoms with Crippen LogP contribution in [-0.4, -0.2) is 5.97 Å². The number of esters is 1. The van der Waals surface area contributed by atoms with Gasteiger partial charge in [-0.3, -0.25) is 4.79 Å². The van der Waals surface area contributed by atoms with Crippen molar-refractivity contribution in [3.63, 3.8) is 0 Å². The Labute approximate surface area is 290 Å². The number of nitrogens with zero attached hydrogens (tertiary/aromatic N) is 1. The highest BCUT2D eigenvalue weighted by Gasteiger charge is 2.36. The predicted molar refractivity (Wildman–Crippen MR) is 178 cm³/mol. The topological polar surface area (TPSA) is 134 Å². The molecule has 0 saturated carbocycles. The number of ether oxygens (including phenoxy) is 2. The molecule has 1 aromatic heterocycles. The second-order valence-electron chi connectivity index (χ2n) is 11.2. The van der Waals surface area contributed by atoms with E-state index in [2.05, 4.69) is 52.8 Å². The summed E-state index contributed by atoms with van der Waals surface area (Å²) in [4.78, 5) is 12.4. The Balaban J connectivity index is 0.000000808. The third kappa shape index (κ3) is 8.40. The summed E-state index contributed by atoms with van der Waals surface area (Å²) in [5, 5.41) is 0.968. The van der Waals surface area contributed by atoms with Gasteiger partial charge in [0.05, 0.1) is 0 Å². The molecule has 0 fully saturated rings. The highest BCUT2D eigenvalue weighted by Crippen LogP contribution is 2.36. The van der Waals surface area contributed by atoms with Gasteiger partial charge in [-0.2, -0.15) is 4.24 Å². The number of rotatable bonds is 6. The fraction of sp³-hybridized carbons (Fsp3) is 0.0244. The highest BCUT2D eigenvalue weighted by atomic mass is 35.7. The average molecular weight is 684 g/mol. The van der Waals surface area contributed by atoms with E-state index in [4.69, 9.17) is 28.1 Å². The van der Waals surface area contributed by atoms with Gasteiger partial charge in [0.2, 0.25) is 11.5 Å². The normalized spacial score (nSPS) is 14.1. The number of halogens is 1. The van der Waals surface area contributed by atoms with Crippen molar-refractivity contribution in [2.75, 3.05) is 0 Å². The van der Waals surface area contributed by atoms with Crippen molar-refractivity contribution in [3.05, 3.63) is 202 Å². The smallest absolute Gasteiger partial charge is 0.308 e. The van der Waals surface area contributed by atoms with Crippen molar-refractivity contribution in [1.82, 2.24) is 0 Å². The standard InChI is InChI=1S/C41H30NO3.ClHO4/c1-29(43)44-41-36-26-30(24-25-42(36)40(35-20-12-5-13-21-35)39(41)34-18-10-4-11-19-34)22-23-31-27-37(32-14-6-2-7-15-32)45-38(28-31)33-16-8-3-9-17-33;2-1(3,4)5/h2-28H,1H3;(H,2,3,4,5)/q+1;/p-1. The molecule has 2 aliphatic rings. The zero-order chi connectivity index (χ0) is 35.1. The van der Waals surface area contributed by atoms with Crippen LogP contribution in [0.1, 0.15) is 34.9 Å².